The summed E-state index contributed by atoms with van der Waals surface area (Å²) in [6.45, 7) is 5.94. The molecule has 2 rings (SSSR count). The van der Waals surface area contributed by atoms with Gasteiger partial charge < -0.3 is 9.47 Å². The van der Waals surface area contributed by atoms with E-state index in [0.717, 1.165) is 19.6 Å². The highest BCUT2D eigenvalue weighted by molar-refractivity contribution is 4.91. The van der Waals surface area contributed by atoms with Crippen LogP contribution < -0.4 is 5.32 Å². The summed E-state index contributed by atoms with van der Waals surface area (Å²) in [5.41, 5.74) is -0.236. The van der Waals surface area contributed by atoms with Crippen molar-refractivity contribution in [3.8, 4) is 0 Å². The molecule has 2 aliphatic heterocycles. The molecule has 1 N–H and O–H groups in total. The maximum Gasteiger partial charge on any atom is 0.143 e. The predicted octanol–water partition coefficient (Wildman–Crippen LogP) is 1.28. The lowest BCUT2D eigenvalue weighted by atomic mass is 10.0. The summed E-state index contributed by atoms with van der Waals surface area (Å²) in [7, 11) is 0. The van der Waals surface area contributed by atoms with Crippen LogP contribution in [0.1, 0.15) is 33.1 Å². The molecule has 13 heavy (non-hydrogen) atoms. The number of hydrogen-bond acceptors (Lipinski definition) is 3. The summed E-state index contributed by atoms with van der Waals surface area (Å²) < 4.78 is 11.5. The predicted molar refractivity (Wildman–Crippen MR) is 50.5 cm³/mol. The van der Waals surface area contributed by atoms with Gasteiger partial charge in [0, 0.05) is 12.6 Å². The second kappa shape index (κ2) is 3.56. The molecule has 2 aliphatic rings. The topological polar surface area (TPSA) is 30.5 Å². The van der Waals surface area contributed by atoms with Crippen molar-refractivity contribution in [3.63, 3.8) is 0 Å². The lowest BCUT2D eigenvalue weighted by molar-refractivity contribution is -0.135. The maximum absolute atomic E-state index is 5.76. The zero-order valence-corrected chi connectivity index (χ0v) is 8.51. The molecule has 3 heteroatoms. The van der Waals surface area contributed by atoms with Gasteiger partial charge in [-0.25, -0.2) is 0 Å². The summed E-state index contributed by atoms with van der Waals surface area (Å²) in [6.07, 6.45) is 3.82. The first kappa shape index (κ1) is 9.44. The first-order chi connectivity index (χ1) is 6.21. The molecule has 2 fully saturated rings. The Balaban J connectivity index is 1.97. The lowest BCUT2D eigenvalue weighted by Gasteiger charge is -2.36. The Bertz CT molecular complexity index is 180. The van der Waals surface area contributed by atoms with Crippen molar-refractivity contribution < 1.29 is 9.47 Å². The molecule has 0 bridgehead atoms. The van der Waals surface area contributed by atoms with Gasteiger partial charge in [-0.15, -0.1) is 0 Å². The van der Waals surface area contributed by atoms with E-state index in [1.807, 2.05) is 0 Å². The van der Waals surface area contributed by atoms with Gasteiger partial charge in [0.25, 0.3) is 0 Å². The zero-order valence-electron chi connectivity index (χ0n) is 8.51. The molecule has 2 heterocycles. The zero-order chi connectivity index (χ0) is 9.31. The van der Waals surface area contributed by atoms with Gasteiger partial charge in [-0.2, -0.15) is 0 Å². The Kier molecular flexibility index (Phi) is 2.58. The third-order valence-corrected chi connectivity index (χ3v) is 2.96. The number of hydrogen-bond donors (Lipinski definition) is 1. The van der Waals surface area contributed by atoms with Crippen molar-refractivity contribution in [2.75, 3.05) is 13.2 Å². The van der Waals surface area contributed by atoms with Crippen LogP contribution in [0.3, 0.4) is 0 Å². The van der Waals surface area contributed by atoms with Gasteiger partial charge >= 0.3 is 0 Å². The molecule has 0 spiro atoms. The normalized spacial score (nSPS) is 46.6. The van der Waals surface area contributed by atoms with Crippen molar-refractivity contribution in [3.05, 3.63) is 0 Å². The van der Waals surface area contributed by atoms with Crippen LogP contribution in [-0.4, -0.2) is 31.1 Å². The molecule has 0 aliphatic carbocycles. The summed E-state index contributed by atoms with van der Waals surface area (Å²) in [5.74, 6) is 0. The molecule has 3 atom stereocenters. The summed E-state index contributed by atoms with van der Waals surface area (Å²) in [6, 6.07) is 0.454. The Morgan fingerprint density at radius 1 is 1.38 bits per heavy atom. The third kappa shape index (κ3) is 1.87. The molecule has 0 aromatic rings. The molecular formula is C10H19NO2. The first-order valence-corrected chi connectivity index (χ1v) is 5.24. The van der Waals surface area contributed by atoms with E-state index in [9.17, 15) is 0 Å². The molecule has 3 unspecified atom stereocenters. The van der Waals surface area contributed by atoms with E-state index < -0.39 is 0 Å². The molecule has 0 aromatic carbocycles. The van der Waals surface area contributed by atoms with Gasteiger partial charge in [0.2, 0.25) is 0 Å². The molecule has 0 aromatic heterocycles. The van der Waals surface area contributed by atoms with Crippen LogP contribution in [0.15, 0.2) is 0 Å². The smallest absolute Gasteiger partial charge is 0.143 e. The fourth-order valence-electron chi connectivity index (χ4n) is 2.23. The van der Waals surface area contributed by atoms with E-state index in [1.165, 1.54) is 12.8 Å². The minimum Gasteiger partial charge on any atom is -0.374 e. The molecule has 76 valence electrons. The number of nitrogens with one attached hydrogen (secondary N) is 1. The van der Waals surface area contributed by atoms with Gasteiger partial charge in [0.15, 0.2) is 0 Å². The van der Waals surface area contributed by atoms with Crippen LogP contribution in [0.2, 0.25) is 0 Å². The van der Waals surface area contributed by atoms with Gasteiger partial charge in [-0.3, -0.25) is 5.32 Å². The molecule has 3 nitrogen and oxygen atoms in total. The third-order valence-electron chi connectivity index (χ3n) is 2.96. The van der Waals surface area contributed by atoms with Crippen molar-refractivity contribution in [1.82, 2.24) is 5.32 Å². The monoisotopic (exact) mass is 185 g/mol. The van der Waals surface area contributed by atoms with Crippen molar-refractivity contribution in [2.24, 2.45) is 0 Å². The summed E-state index contributed by atoms with van der Waals surface area (Å²) >= 11 is 0. The van der Waals surface area contributed by atoms with E-state index in [0.29, 0.717) is 6.04 Å². The van der Waals surface area contributed by atoms with Crippen LogP contribution in [0.4, 0.5) is 0 Å². The van der Waals surface area contributed by atoms with Crippen LogP contribution in [-0.2, 0) is 9.47 Å². The number of ether oxygens (including phenoxy) is 2. The Labute approximate surface area is 79.8 Å². The van der Waals surface area contributed by atoms with E-state index in [1.54, 1.807) is 0 Å². The molecular weight excluding hydrogens is 166 g/mol. The SMILES string of the molecule is CC1COC(C)(C2CCCCO2)N1. The van der Waals surface area contributed by atoms with E-state index in [4.69, 9.17) is 9.47 Å². The minimum absolute atomic E-state index is 0.236. The fraction of sp³-hybridized carbons (Fsp3) is 1.00. The van der Waals surface area contributed by atoms with Gasteiger partial charge in [-0.05, 0) is 33.1 Å². The molecule has 0 saturated carbocycles. The van der Waals surface area contributed by atoms with E-state index >= 15 is 0 Å². The second-order valence-electron chi connectivity index (χ2n) is 4.32. The minimum atomic E-state index is -0.236. The standard InChI is InChI=1S/C10H19NO2/c1-8-7-13-10(2,11-8)9-5-3-4-6-12-9/h8-9,11H,3-7H2,1-2H3. The Hall–Kier alpha value is -0.120. The maximum atomic E-state index is 5.76. The molecule has 2 saturated heterocycles. The van der Waals surface area contributed by atoms with Crippen molar-refractivity contribution >= 4 is 0 Å². The van der Waals surface area contributed by atoms with Gasteiger partial charge in [0.1, 0.15) is 5.72 Å². The quantitative estimate of drug-likeness (QED) is 0.667. The summed E-state index contributed by atoms with van der Waals surface area (Å²) in [4.78, 5) is 0. The van der Waals surface area contributed by atoms with Crippen LogP contribution in [0.25, 0.3) is 0 Å². The molecule has 0 radical (unpaired) electrons. The van der Waals surface area contributed by atoms with Gasteiger partial charge in [-0.1, -0.05) is 0 Å². The van der Waals surface area contributed by atoms with Gasteiger partial charge in [0.05, 0.1) is 12.7 Å². The first-order valence-electron chi connectivity index (χ1n) is 5.24. The Morgan fingerprint density at radius 2 is 2.23 bits per heavy atom. The Morgan fingerprint density at radius 3 is 2.77 bits per heavy atom. The summed E-state index contributed by atoms with van der Waals surface area (Å²) in [5, 5.41) is 3.45. The van der Waals surface area contributed by atoms with Crippen LogP contribution in [0, 0.1) is 0 Å². The average molecular weight is 185 g/mol. The van der Waals surface area contributed by atoms with Crippen molar-refractivity contribution in [2.45, 2.75) is 51.0 Å². The average Bonchev–Trinajstić information content (AvgIpc) is 2.49. The second-order valence-corrected chi connectivity index (χ2v) is 4.32. The van der Waals surface area contributed by atoms with Crippen molar-refractivity contribution in [1.29, 1.82) is 0 Å². The van der Waals surface area contributed by atoms with E-state index in [2.05, 4.69) is 19.2 Å². The largest absolute Gasteiger partial charge is 0.374 e. The van der Waals surface area contributed by atoms with Crippen LogP contribution in [0.5, 0.6) is 0 Å². The molecule has 0 amide bonds. The van der Waals surface area contributed by atoms with E-state index in [-0.39, 0.29) is 11.8 Å². The lowest BCUT2D eigenvalue weighted by Crippen LogP contribution is -2.52. The highest BCUT2D eigenvalue weighted by Gasteiger charge is 2.42. The highest BCUT2D eigenvalue weighted by atomic mass is 16.6. The van der Waals surface area contributed by atoms with Crippen LogP contribution >= 0.6 is 0 Å². The fourth-order valence-corrected chi connectivity index (χ4v) is 2.23. The number of rotatable bonds is 1. The highest BCUT2D eigenvalue weighted by Crippen LogP contribution is 2.28.